The van der Waals surface area contributed by atoms with Crippen molar-refractivity contribution in [2.45, 2.75) is 39.3 Å². The lowest BCUT2D eigenvalue weighted by Crippen LogP contribution is -2.41. The first kappa shape index (κ1) is 12.2. The maximum atomic E-state index is 12.0. The molecule has 1 N–H and O–H groups in total. The van der Waals surface area contributed by atoms with Crippen molar-refractivity contribution in [3.63, 3.8) is 0 Å². The first-order valence-electron chi connectivity index (χ1n) is 6.13. The van der Waals surface area contributed by atoms with Crippen LogP contribution in [0.1, 0.15) is 32.9 Å². The highest BCUT2D eigenvalue weighted by Gasteiger charge is 2.23. The quantitative estimate of drug-likeness (QED) is 0.864. The molecule has 2 aromatic rings. The molecule has 1 aliphatic heterocycles. The third-order valence-electron chi connectivity index (χ3n) is 3.02. The lowest BCUT2D eigenvalue weighted by atomic mass is 10.1. The summed E-state index contributed by atoms with van der Waals surface area (Å²) < 4.78 is 1.87. The van der Waals surface area contributed by atoms with Gasteiger partial charge in [-0.05, 0) is 20.3 Å². The van der Waals surface area contributed by atoms with Gasteiger partial charge in [-0.3, -0.25) is 4.79 Å². The number of carbonyl (C=O) groups is 1. The summed E-state index contributed by atoms with van der Waals surface area (Å²) >= 11 is 1.31. The van der Waals surface area contributed by atoms with Crippen LogP contribution in [-0.4, -0.2) is 36.9 Å². The van der Waals surface area contributed by atoms with E-state index in [1.54, 1.807) is 0 Å². The van der Waals surface area contributed by atoms with Crippen LogP contribution in [0.3, 0.4) is 0 Å². The average Bonchev–Trinajstić information content (AvgIpc) is 2.93. The second-order valence-electron chi connectivity index (χ2n) is 4.59. The second-order valence-corrected chi connectivity index (χ2v) is 5.77. The van der Waals surface area contributed by atoms with Crippen molar-refractivity contribution in [1.82, 2.24) is 30.3 Å². The molecule has 19 heavy (non-hydrogen) atoms. The molecule has 0 radical (unpaired) electrons. The monoisotopic (exact) mass is 278 g/mol. The SMILES string of the molecule is Cc1nc2n(n1)CC(NC(=O)c1nnc(C)s1)CC2. The fourth-order valence-corrected chi connectivity index (χ4v) is 2.78. The van der Waals surface area contributed by atoms with Crippen LogP contribution in [0, 0.1) is 13.8 Å². The summed E-state index contributed by atoms with van der Waals surface area (Å²) in [7, 11) is 0. The lowest BCUT2D eigenvalue weighted by Gasteiger charge is -2.22. The minimum absolute atomic E-state index is 0.0744. The third-order valence-corrected chi connectivity index (χ3v) is 3.86. The van der Waals surface area contributed by atoms with Gasteiger partial charge in [0.25, 0.3) is 5.91 Å². The van der Waals surface area contributed by atoms with E-state index in [2.05, 4.69) is 25.6 Å². The highest BCUT2D eigenvalue weighted by molar-refractivity contribution is 7.13. The van der Waals surface area contributed by atoms with Crippen molar-refractivity contribution in [1.29, 1.82) is 0 Å². The predicted molar refractivity (Wildman–Crippen MR) is 69.0 cm³/mol. The Kier molecular flexibility index (Phi) is 3.02. The first-order chi connectivity index (χ1) is 9.11. The maximum absolute atomic E-state index is 12.0. The van der Waals surface area contributed by atoms with Gasteiger partial charge in [0.15, 0.2) is 0 Å². The second kappa shape index (κ2) is 4.69. The van der Waals surface area contributed by atoms with Crippen molar-refractivity contribution in [3.8, 4) is 0 Å². The van der Waals surface area contributed by atoms with Crippen LogP contribution < -0.4 is 5.32 Å². The zero-order valence-electron chi connectivity index (χ0n) is 10.8. The molecule has 0 spiro atoms. The largest absolute Gasteiger partial charge is 0.345 e. The van der Waals surface area contributed by atoms with E-state index < -0.39 is 0 Å². The van der Waals surface area contributed by atoms with Crippen molar-refractivity contribution >= 4 is 17.2 Å². The van der Waals surface area contributed by atoms with Crippen molar-refractivity contribution in [2.75, 3.05) is 0 Å². The minimum atomic E-state index is -0.157. The van der Waals surface area contributed by atoms with Gasteiger partial charge in [-0.15, -0.1) is 10.2 Å². The molecule has 0 bridgehead atoms. The van der Waals surface area contributed by atoms with Gasteiger partial charge in [0.2, 0.25) is 5.01 Å². The molecule has 2 aromatic heterocycles. The van der Waals surface area contributed by atoms with Gasteiger partial charge in [0.1, 0.15) is 16.7 Å². The standard InChI is InChI=1S/C11H14N6OS/c1-6-12-9-4-3-8(5-17(9)16-6)13-10(18)11-15-14-7(2)19-11/h8H,3-5H2,1-2H3,(H,13,18). The number of hydrogen-bond acceptors (Lipinski definition) is 6. The van der Waals surface area contributed by atoms with E-state index >= 15 is 0 Å². The molecule has 3 heterocycles. The molecule has 0 aromatic carbocycles. The van der Waals surface area contributed by atoms with Crippen molar-refractivity contribution < 1.29 is 4.79 Å². The number of nitrogens with one attached hydrogen (secondary N) is 1. The molecule has 1 amide bonds. The molecule has 1 aliphatic rings. The molecule has 3 rings (SSSR count). The maximum Gasteiger partial charge on any atom is 0.282 e. The molecular formula is C11H14N6OS. The van der Waals surface area contributed by atoms with E-state index in [0.717, 1.165) is 29.5 Å². The number of fused-ring (bicyclic) bond motifs is 1. The zero-order chi connectivity index (χ0) is 13.4. The molecule has 1 atom stereocenters. The molecule has 1 unspecified atom stereocenters. The van der Waals surface area contributed by atoms with E-state index in [9.17, 15) is 4.79 Å². The molecule has 0 aliphatic carbocycles. The molecule has 0 fully saturated rings. The van der Waals surface area contributed by atoms with E-state index in [0.29, 0.717) is 11.6 Å². The molecular weight excluding hydrogens is 264 g/mol. The predicted octanol–water partition coefficient (Wildman–Crippen LogP) is 0.491. The number of aryl methyl sites for hydroxylation is 3. The summed E-state index contributed by atoms with van der Waals surface area (Å²) in [5.74, 6) is 1.62. The molecule has 0 saturated carbocycles. The van der Waals surface area contributed by atoms with E-state index in [4.69, 9.17) is 0 Å². The smallest absolute Gasteiger partial charge is 0.282 e. The third kappa shape index (κ3) is 2.48. The highest BCUT2D eigenvalue weighted by Crippen LogP contribution is 2.14. The molecule has 0 saturated heterocycles. The molecule has 7 nitrogen and oxygen atoms in total. The van der Waals surface area contributed by atoms with Crippen LogP contribution >= 0.6 is 11.3 Å². The van der Waals surface area contributed by atoms with Gasteiger partial charge in [0, 0.05) is 12.5 Å². The van der Waals surface area contributed by atoms with E-state index in [1.807, 2.05) is 18.5 Å². The summed E-state index contributed by atoms with van der Waals surface area (Å²) in [6.45, 7) is 4.38. The Hall–Kier alpha value is -1.83. The average molecular weight is 278 g/mol. The molecule has 8 heteroatoms. The Morgan fingerprint density at radius 3 is 3.00 bits per heavy atom. The Morgan fingerprint density at radius 1 is 1.42 bits per heavy atom. The normalized spacial score (nSPS) is 18.1. The topological polar surface area (TPSA) is 85.6 Å². The van der Waals surface area contributed by atoms with Gasteiger partial charge in [-0.2, -0.15) is 5.10 Å². The van der Waals surface area contributed by atoms with Crippen LogP contribution in [0.5, 0.6) is 0 Å². The Balaban J connectivity index is 1.67. The van der Waals surface area contributed by atoms with Crippen LogP contribution in [0.25, 0.3) is 0 Å². The minimum Gasteiger partial charge on any atom is -0.345 e. The number of amides is 1. The lowest BCUT2D eigenvalue weighted by molar-refractivity contribution is 0.0925. The van der Waals surface area contributed by atoms with Gasteiger partial charge < -0.3 is 5.32 Å². The number of nitrogens with zero attached hydrogens (tertiary/aromatic N) is 5. The highest BCUT2D eigenvalue weighted by atomic mass is 32.1. The van der Waals surface area contributed by atoms with Crippen LogP contribution in [-0.2, 0) is 13.0 Å². The van der Waals surface area contributed by atoms with Crippen LogP contribution in [0.2, 0.25) is 0 Å². The van der Waals surface area contributed by atoms with Gasteiger partial charge >= 0.3 is 0 Å². The molecule has 100 valence electrons. The van der Waals surface area contributed by atoms with Crippen molar-refractivity contribution in [3.05, 3.63) is 21.7 Å². The van der Waals surface area contributed by atoms with Crippen LogP contribution in [0.4, 0.5) is 0 Å². The summed E-state index contributed by atoms with van der Waals surface area (Å²) in [4.78, 5) is 16.3. The number of carbonyl (C=O) groups excluding carboxylic acids is 1. The summed E-state index contributed by atoms with van der Waals surface area (Å²) in [6.07, 6.45) is 1.71. The van der Waals surface area contributed by atoms with E-state index in [-0.39, 0.29) is 11.9 Å². The van der Waals surface area contributed by atoms with Gasteiger partial charge in [-0.25, -0.2) is 9.67 Å². The van der Waals surface area contributed by atoms with Gasteiger partial charge in [0.05, 0.1) is 6.54 Å². The summed E-state index contributed by atoms with van der Waals surface area (Å²) in [5.41, 5.74) is 0. The van der Waals surface area contributed by atoms with E-state index in [1.165, 1.54) is 11.3 Å². The Morgan fingerprint density at radius 2 is 2.26 bits per heavy atom. The Bertz CT molecular complexity index is 618. The Labute approximate surface area is 114 Å². The van der Waals surface area contributed by atoms with Crippen molar-refractivity contribution in [2.24, 2.45) is 0 Å². The fourth-order valence-electron chi connectivity index (χ4n) is 2.19. The zero-order valence-corrected chi connectivity index (χ0v) is 11.6. The number of aromatic nitrogens is 5. The number of hydrogen-bond donors (Lipinski definition) is 1. The van der Waals surface area contributed by atoms with Crippen LogP contribution in [0.15, 0.2) is 0 Å². The first-order valence-corrected chi connectivity index (χ1v) is 6.95. The summed E-state index contributed by atoms with van der Waals surface area (Å²) in [6, 6.07) is 0.0744. The van der Waals surface area contributed by atoms with Gasteiger partial charge in [-0.1, -0.05) is 11.3 Å². The summed E-state index contributed by atoms with van der Waals surface area (Å²) in [5, 5.41) is 16.2. The number of rotatable bonds is 2. The fraction of sp³-hybridized carbons (Fsp3) is 0.545.